The number of halogens is 3. The van der Waals surface area contributed by atoms with E-state index in [0.29, 0.717) is 12.4 Å². The summed E-state index contributed by atoms with van der Waals surface area (Å²) in [5, 5.41) is 0. The van der Waals surface area contributed by atoms with E-state index >= 15 is 0 Å². The zero-order chi connectivity index (χ0) is 18.6. The van der Waals surface area contributed by atoms with E-state index in [4.69, 9.17) is 0 Å². The molecule has 0 unspecified atom stereocenters. The van der Waals surface area contributed by atoms with Gasteiger partial charge in [-0.1, -0.05) is 32.0 Å². The molecular weight excluding hydrogens is 331 g/mol. The number of alkyl halides is 3. The van der Waals surface area contributed by atoms with Crippen LogP contribution in [0.2, 0.25) is 0 Å². The van der Waals surface area contributed by atoms with Crippen LogP contribution in [-0.4, -0.2) is 26.9 Å². The molecule has 0 aliphatic heterocycles. The van der Waals surface area contributed by atoms with E-state index in [1.54, 1.807) is 27.9 Å². The van der Waals surface area contributed by atoms with Crippen molar-refractivity contribution in [3.63, 3.8) is 0 Å². The van der Waals surface area contributed by atoms with Crippen molar-refractivity contribution in [2.45, 2.75) is 40.0 Å². The zero-order valence-corrected chi connectivity index (χ0v) is 14.5. The van der Waals surface area contributed by atoms with Gasteiger partial charge in [-0.25, -0.2) is 4.98 Å². The van der Waals surface area contributed by atoms with Crippen LogP contribution in [-0.2, 0) is 24.1 Å². The van der Waals surface area contributed by atoms with Gasteiger partial charge in [0.2, 0.25) is 5.91 Å². The molecule has 136 valence electrons. The molecule has 0 bridgehead atoms. The second-order valence-corrected chi connectivity index (χ2v) is 6.13. The third-order valence-electron chi connectivity index (χ3n) is 3.98. The van der Waals surface area contributed by atoms with Gasteiger partial charge in [-0.3, -0.25) is 4.79 Å². The number of aromatic nitrogens is 2. The minimum Gasteiger partial charge on any atom is -0.335 e. The van der Waals surface area contributed by atoms with Crippen molar-refractivity contribution >= 4 is 5.91 Å². The lowest BCUT2D eigenvalue weighted by Gasteiger charge is -2.23. The van der Waals surface area contributed by atoms with E-state index < -0.39 is 11.7 Å². The number of rotatable bonds is 6. The molecule has 0 saturated heterocycles. The average Bonchev–Trinajstić information content (AvgIpc) is 2.98. The van der Waals surface area contributed by atoms with Crippen LogP contribution in [0.1, 0.15) is 37.7 Å². The first-order valence-corrected chi connectivity index (χ1v) is 8.18. The van der Waals surface area contributed by atoms with Crippen LogP contribution >= 0.6 is 0 Å². The number of nitrogens with zero attached hydrogens (tertiary/aromatic N) is 3. The number of imidazole rings is 1. The molecule has 25 heavy (non-hydrogen) atoms. The summed E-state index contributed by atoms with van der Waals surface area (Å²) in [7, 11) is 0. The summed E-state index contributed by atoms with van der Waals surface area (Å²) in [5.74, 6) is 0.412. The van der Waals surface area contributed by atoms with Crippen molar-refractivity contribution < 1.29 is 18.0 Å². The van der Waals surface area contributed by atoms with Crippen molar-refractivity contribution in [3.05, 3.63) is 53.6 Å². The van der Waals surface area contributed by atoms with Crippen molar-refractivity contribution in [1.82, 2.24) is 14.5 Å². The number of hydrogen-bond donors (Lipinski definition) is 0. The minimum atomic E-state index is -4.40. The van der Waals surface area contributed by atoms with Gasteiger partial charge in [-0.2, -0.15) is 13.2 Å². The van der Waals surface area contributed by atoms with Gasteiger partial charge in [0.1, 0.15) is 5.82 Å². The van der Waals surface area contributed by atoms with Crippen LogP contribution in [0.25, 0.3) is 0 Å². The van der Waals surface area contributed by atoms with Gasteiger partial charge < -0.3 is 9.47 Å². The van der Waals surface area contributed by atoms with E-state index in [-0.39, 0.29) is 30.5 Å². The first-order valence-electron chi connectivity index (χ1n) is 8.18. The van der Waals surface area contributed by atoms with Crippen LogP contribution in [0.15, 0.2) is 36.7 Å². The fourth-order valence-corrected chi connectivity index (χ4v) is 2.64. The lowest BCUT2D eigenvalue weighted by molar-refractivity contribution is -0.138. The largest absolute Gasteiger partial charge is 0.416 e. The molecule has 1 heterocycles. The normalized spacial score (nSPS) is 11.8. The molecule has 2 rings (SSSR count). The lowest BCUT2D eigenvalue weighted by atomic mass is 10.1. The van der Waals surface area contributed by atoms with E-state index in [2.05, 4.69) is 4.98 Å². The molecule has 1 amide bonds. The zero-order valence-electron chi connectivity index (χ0n) is 14.5. The molecule has 0 atom stereocenters. The highest BCUT2D eigenvalue weighted by Crippen LogP contribution is 2.32. The first kappa shape index (κ1) is 19.0. The van der Waals surface area contributed by atoms with E-state index in [0.717, 1.165) is 6.07 Å². The molecule has 7 heteroatoms. The molecule has 2 aromatic rings. The summed E-state index contributed by atoms with van der Waals surface area (Å²) in [6, 6.07) is 5.50. The highest BCUT2D eigenvalue weighted by Gasteiger charge is 2.33. The minimum absolute atomic E-state index is 0.00672. The predicted octanol–water partition coefficient (Wildman–Crippen LogP) is 3.95. The number of carbonyl (C=O) groups is 1. The molecule has 0 saturated carbocycles. The monoisotopic (exact) mass is 353 g/mol. The Morgan fingerprint density at radius 1 is 1.28 bits per heavy atom. The maximum atomic E-state index is 13.2. The number of amides is 1. The van der Waals surface area contributed by atoms with Crippen LogP contribution in [0, 0.1) is 5.92 Å². The van der Waals surface area contributed by atoms with Gasteiger partial charge in [-0.05, 0) is 18.6 Å². The maximum Gasteiger partial charge on any atom is 0.416 e. The molecule has 0 N–H and O–H groups in total. The Hall–Kier alpha value is -2.31. The second kappa shape index (κ2) is 7.72. The van der Waals surface area contributed by atoms with Crippen LogP contribution in [0.3, 0.4) is 0 Å². The third kappa shape index (κ3) is 4.61. The summed E-state index contributed by atoms with van der Waals surface area (Å²) in [6.07, 6.45) is -1.23. The molecule has 0 aliphatic rings. The smallest absolute Gasteiger partial charge is 0.335 e. The van der Waals surface area contributed by atoms with Crippen molar-refractivity contribution in [3.8, 4) is 0 Å². The molecular formula is C18H22F3N3O. The fourth-order valence-electron chi connectivity index (χ4n) is 2.64. The summed E-state index contributed by atoms with van der Waals surface area (Å²) in [5.41, 5.74) is -0.479. The fraction of sp³-hybridized carbons (Fsp3) is 0.444. The summed E-state index contributed by atoms with van der Waals surface area (Å²) in [4.78, 5) is 18.1. The van der Waals surface area contributed by atoms with Gasteiger partial charge in [-0.15, -0.1) is 0 Å². The Morgan fingerprint density at radius 2 is 1.96 bits per heavy atom. The summed E-state index contributed by atoms with van der Waals surface area (Å²) < 4.78 is 41.1. The topological polar surface area (TPSA) is 38.1 Å². The lowest BCUT2D eigenvalue weighted by Crippen LogP contribution is -2.34. The maximum absolute atomic E-state index is 13.2. The quantitative estimate of drug-likeness (QED) is 0.789. The van der Waals surface area contributed by atoms with Crippen LogP contribution in [0.5, 0.6) is 0 Å². The molecule has 0 radical (unpaired) electrons. The Labute approximate surface area is 145 Å². The summed E-state index contributed by atoms with van der Waals surface area (Å²) in [6.45, 7) is 6.34. The second-order valence-electron chi connectivity index (χ2n) is 6.13. The molecule has 4 nitrogen and oxygen atoms in total. The van der Waals surface area contributed by atoms with Crippen molar-refractivity contribution in [1.29, 1.82) is 0 Å². The average molecular weight is 353 g/mol. The van der Waals surface area contributed by atoms with Crippen molar-refractivity contribution in [2.24, 2.45) is 5.92 Å². The Bertz CT molecular complexity index is 722. The van der Waals surface area contributed by atoms with Crippen LogP contribution in [0.4, 0.5) is 13.2 Å². The SMILES string of the molecule is CCN(Cc1nccn1Cc1ccccc1C(F)(F)F)C(=O)C(C)C. The molecule has 0 spiro atoms. The Balaban J connectivity index is 2.25. The molecule has 1 aromatic heterocycles. The van der Waals surface area contributed by atoms with Gasteiger partial charge in [0.15, 0.2) is 0 Å². The first-order chi connectivity index (χ1) is 11.7. The number of benzene rings is 1. The van der Waals surface area contributed by atoms with E-state index in [1.165, 1.54) is 12.1 Å². The van der Waals surface area contributed by atoms with Gasteiger partial charge in [0.05, 0.1) is 12.1 Å². The molecule has 0 aliphatic carbocycles. The van der Waals surface area contributed by atoms with E-state index in [1.807, 2.05) is 20.8 Å². The van der Waals surface area contributed by atoms with Gasteiger partial charge in [0, 0.05) is 31.4 Å². The highest BCUT2D eigenvalue weighted by molar-refractivity contribution is 5.77. The Kier molecular flexibility index (Phi) is 5.87. The third-order valence-corrected chi connectivity index (χ3v) is 3.98. The summed E-state index contributed by atoms with van der Waals surface area (Å²) >= 11 is 0. The highest BCUT2D eigenvalue weighted by atomic mass is 19.4. The van der Waals surface area contributed by atoms with E-state index in [9.17, 15) is 18.0 Å². The van der Waals surface area contributed by atoms with Crippen molar-refractivity contribution in [2.75, 3.05) is 6.54 Å². The predicted molar refractivity (Wildman–Crippen MR) is 88.7 cm³/mol. The number of hydrogen-bond acceptors (Lipinski definition) is 2. The molecule has 1 aromatic carbocycles. The number of carbonyl (C=O) groups excluding carboxylic acids is 1. The van der Waals surface area contributed by atoms with Gasteiger partial charge in [0.25, 0.3) is 0 Å². The molecule has 0 fully saturated rings. The Morgan fingerprint density at radius 3 is 2.56 bits per heavy atom. The standard InChI is InChI=1S/C18H22F3N3O/c1-4-23(17(25)13(2)3)12-16-22-9-10-24(16)11-14-7-5-6-8-15(14)18(19,20)21/h5-10,13H,4,11-12H2,1-3H3. The van der Waals surface area contributed by atoms with Crippen LogP contribution < -0.4 is 0 Å². The van der Waals surface area contributed by atoms with Gasteiger partial charge >= 0.3 is 6.18 Å².